The summed E-state index contributed by atoms with van der Waals surface area (Å²) in [5.74, 6) is -1.77. The van der Waals surface area contributed by atoms with Crippen molar-refractivity contribution in [2.45, 2.75) is 18.9 Å². The molecule has 19 heavy (non-hydrogen) atoms. The van der Waals surface area contributed by atoms with Gasteiger partial charge in [0.2, 0.25) is 11.8 Å². The molecule has 2 aliphatic heterocycles. The highest BCUT2D eigenvalue weighted by Crippen LogP contribution is 2.22. The van der Waals surface area contributed by atoms with E-state index in [1.54, 1.807) is 11.9 Å². The second-order valence-corrected chi connectivity index (χ2v) is 4.97. The van der Waals surface area contributed by atoms with Crippen LogP contribution >= 0.6 is 0 Å². The number of aliphatic carboxylic acids is 1. The zero-order chi connectivity index (χ0) is 14.0. The first kappa shape index (κ1) is 13.8. The van der Waals surface area contributed by atoms with Crippen LogP contribution in [0, 0.1) is 5.92 Å². The minimum Gasteiger partial charge on any atom is -0.480 e. The molecule has 0 radical (unpaired) electrons. The van der Waals surface area contributed by atoms with Crippen molar-refractivity contribution in [1.29, 1.82) is 0 Å². The van der Waals surface area contributed by atoms with Gasteiger partial charge in [0.1, 0.15) is 0 Å². The van der Waals surface area contributed by atoms with Crippen molar-refractivity contribution in [1.82, 2.24) is 9.80 Å². The number of piperidine rings is 1. The quantitative estimate of drug-likeness (QED) is 0.707. The Morgan fingerprint density at radius 2 is 2.11 bits per heavy atom. The number of morpholine rings is 1. The van der Waals surface area contributed by atoms with Gasteiger partial charge in [-0.2, -0.15) is 0 Å². The van der Waals surface area contributed by atoms with Crippen molar-refractivity contribution < 1.29 is 24.2 Å². The van der Waals surface area contributed by atoms with E-state index < -0.39 is 17.9 Å². The van der Waals surface area contributed by atoms with E-state index in [1.807, 2.05) is 0 Å². The summed E-state index contributed by atoms with van der Waals surface area (Å²) in [5, 5.41) is 9.10. The van der Waals surface area contributed by atoms with Gasteiger partial charge in [-0.15, -0.1) is 0 Å². The lowest BCUT2D eigenvalue weighted by molar-refractivity contribution is -0.161. The molecular weight excluding hydrogens is 252 g/mol. The Morgan fingerprint density at radius 1 is 1.37 bits per heavy atom. The van der Waals surface area contributed by atoms with Crippen molar-refractivity contribution in [3.63, 3.8) is 0 Å². The van der Waals surface area contributed by atoms with Gasteiger partial charge in [0.15, 0.2) is 6.04 Å². The predicted molar refractivity (Wildman–Crippen MR) is 64.3 cm³/mol. The maximum atomic E-state index is 12.4. The van der Waals surface area contributed by atoms with E-state index in [1.165, 1.54) is 4.90 Å². The summed E-state index contributed by atoms with van der Waals surface area (Å²) in [6.45, 7) is 1.17. The number of hydrogen-bond acceptors (Lipinski definition) is 4. The second kappa shape index (κ2) is 5.56. The molecule has 106 valence electrons. The van der Waals surface area contributed by atoms with Crippen LogP contribution in [-0.4, -0.2) is 72.1 Å². The Balaban J connectivity index is 2.05. The van der Waals surface area contributed by atoms with E-state index >= 15 is 0 Å². The molecule has 0 bridgehead atoms. The van der Waals surface area contributed by atoms with Crippen LogP contribution in [0.2, 0.25) is 0 Å². The van der Waals surface area contributed by atoms with E-state index in [9.17, 15) is 14.4 Å². The molecule has 2 aliphatic rings. The third-order valence-electron chi connectivity index (χ3n) is 3.71. The molecule has 0 saturated carbocycles. The number of nitrogens with zero attached hydrogens (tertiary/aromatic N) is 2. The molecule has 2 fully saturated rings. The van der Waals surface area contributed by atoms with Gasteiger partial charge in [-0.05, 0) is 6.42 Å². The third kappa shape index (κ3) is 2.86. The Hall–Kier alpha value is -1.63. The summed E-state index contributed by atoms with van der Waals surface area (Å²) in [6, 6.07) is -0.934. The van der Waals surface area contributed by atoms with Crippen LogP contribution in [0.5, 0.6) is 0 Å². The minimum absolute atomic E-state index is 0.0155. The third-order valence-corrected chi connectivity index (χ3v) is 3.71. The Morgan fingerprint density at radius 3 is 2.74 bits per heavy atom. The largest absolute Gasteiger partial charge is 0.480 e. The van der Waals surface area contributed by atoms with Crippen LogP contribution in [0.4, 0.5) is 0 Å². The number of carbonyl (C=O) groups is 3. The van der Waals surface area contributed by atoms with Gasteiger partial charge in [-0.3, -0.25) is 9.59 Å². The average molecular weight is 270 g/mol. The fourth-order valence-electron chi connectivity index (χ4n) is 2.46. The average Bonchev–Trinajstić information content (AvgIpc) is 2.41. The lowest BCUT2D eigenvalue weighted by Gasteiger charge is -2.37. The van der Waals surface area contributed by atoms with Crippen LogP contribution in [0.1, 0.15) is 12.8 Å². The molecule has 1 N–H and O–H groups in total. The van der Waals surface area contributed by atoms with Crippen LogP contribution < -0.4 is 0 Å². The fourth-order valence-corrected chi connectivity index (χ4v) is 2.46. The van der Waals surface area contributed by atoms with Gasteiger partial charge >= 0.3 is 5.97 Å². The van der Waals surface area contributed by atoms with Crippen molar-refractivity contribution in [3.05, 3.63) is 0 Å². The topological polar surface area (TPSA) is 87.2 Å². The molecule has 2 rings (SSSR count). The smallest absolute Gasteiger partial charge is 0.328 e. The highest BCUT2D eigenvalue weighted by Gasteiger charge is 2.38. The number of amides is 2. The van der Waals surface area contributed by atoms with Crippen molar-refractivity contribution >= 4 is 17.8 Å². The molecule has 0 aliphatic carbocycles. The maximum Gasteiger partial charge on any atom is 0.328 e. The number of carboxylic acid groups (broad SMARTS) is 1. The van der Waals surface area contributed by atoms with Crippen molar-refractivity contribution in [2.24, 2.45) is 5.92 Å². The van der Waals surface area contributed by atoms with E-state index in [-0.39, 0.29) is 31.4 Å². The Kier molecular flexibility index (Phi) is 4.04. The normalized spacial score (nSPS) is 28.4. The molecule has 2 amide bonds. The summed E-state index contributed by atoms with van der Waals surface area (Å²) in [4.78, 5) is 38.0. The standard InChI is InChI=1S/C12H18N2O5/c1-13-3-2-8(6-10(13)15)11(16)14-4-5-19-7-9(14)12(17)18/h8-9H,2-7H2,1H3,(H,17,18). The first-order chi connectivity index (χ1) is 9.00. The number of ether oxygens (including phenoxy) is 1. The first-order valence-corrected chi connectivity index (χ1v) is 6.35. The van der Waals surface area contributed by atoms with Crippen LogP contribution in [0.25, 0.3) is 0 Å². The van der Waals surface area contributed by atoms with E-state index in [4.69, 9.17) is 9.84 Å². The zero-order valence-corrected chi connectivity index (χ0v) is 10.9. The molecule has 2 heterocycles. The molecule has 0 spiro atoms. The first-order valence-electron chi connectivity index (χ1n) is 6.35. The van der Waals surface area contributed by atoms with Crippen LogP contribution in [-0.2, 0) is 19.1 Å². The highest BCUT2D eigenvalue weighted by molar-refractivity contribution is 5.89. The molecule has 0 aromatic carbocycles. The summed E-state index contributed by atoms with van der Waals surface area (Å²) in [6.07, 6.45) is 0.754. The summed E-state index contributed by atoms with van der Waals surface area (Å²) in [7, 11) is 1.71. The fraction of sp³-hybridized carbons (Fsp3) is 0.750. The SMILES string of the molecule is CN1CCC(C(=O)N2CCOCC2C(=O)O)CC1=O. The Bertz CT molecular complexity index is 398. The molecule has 7 nitrogen and oxygen atoms in total. The van der Waals surface area contributed by atoms with Crippen LogP contribution in [0.15, 0.2) is 0 Å². The zero-order valence-electron chi connectivity index (χ0n) is 10.9. The Labute approximate surface area is 111 Å². The minimum atomic E-state index is -1.06. The van der Waals surface area contributed by atoms with Gasteiger partial charge < -0.3 is 19.6 Å². The number of carbonyl (C=O) groups excluding carboxylic acids is 2. The number of rotatable bonds is 2. The van der Waals surface area contributed by atoms with Crippen LogP contribution in [0.3, 0.4) is 0 Å². The molecular formula is C12H18N2O5. The van der Waals surface area contributed by atoms with Gasteiger partial charge in [0.05, 0.1) is 13.2 Å². The summed E-state index contributed by atoms with van der Waals surface area (Å²) in [5.41, 5.74) is 0. The number of carboxylic acids is 1. The van der Waals surface area contributed by atoms with Crippen molar-refractivity contribution in [2.75, 3.05) is 33.4 Å². The highest BCUT2D eigenvalue weighted by atomic mass is 16.5. The maximum absolute atomic E-state index is 12.4. The summed E-state index contributed by atoms with van der Waals surface area (Å²) >= 11 is 0. The van der Waals surface area contributed by atoms with E-state index in [0.29, 0.717) is 19.6 Å². The monoisotopic (exact) mass is 270 g/mol. The number of hydrogen-bond donors (Lipinski definition) is 1. The lowest BCUT2D eigenvalue weighted by atomic mass is 9.94. The molecule has 7 heteroatoms. The van der Waals surface area contributed by atoms with E-state index in [2.05, 4.69) is 0 Å². The van der Waals surface area contributed by atoms with Gasteiger partial charge in [0.25, 0.3) is 0 Å². The van der Waals surface area contributed by atoms with Gasteiger partial charge in [0, 0.05) is 32.5 Å². The van der Waals surface area contributed by atoms with Gasteiger partial charge in [-0.1, -0.05) is 0 Å². The van der Waals surface area contributed by atoms with E-state index in [0.717, 1.165) is 0 Å². The molecule has 2 saturated heterocycles. The predicted octanol–water partition coefficient (Wildman–Crippen LogP) is -0.833. The molecule has 2 atom stereocenters. The molecule has 2 unspecified atom stereocenters. The second-order valence-electron chi connectivity index (χ2n) is 4.97. The van der Waals surface area contributed by atoms with Gasteiger partial charge in [-0.25, -0.2) is 4.79 Å². The van der Waals surface area contributed by atoms with Crippen molar-refractivity contribution in [3.8, 4) is 0 Å². The lowest BCUT2D eigenvalue weighted by Crippen LogP contribution is -2.55. The molecule has 0 aromatic rings. The number of likely N-dealkylation sites (tertiary alicyclic amines) is 1. The summed E-state index contributed by atoms with van der Waals surface area (Å²) < 4.78 is 5.10. The molecule has 0 aromatic heterocycles.